The summed E-state index contributed by atoms with van der Waals surface area (Å²) < 4.78 is 12.2. The van der Waals surface area contributed by atoms with Crippen LogP contribution in [-0.2, 0) is 0 Å². The molecule has 0 saturated carbocycles. The van der Waals surface area contributed by atoms with E-state index in [4.69, 9.17) is 9.47 Å². The molecule has 2 aromatic carbocycles. The monoisotopic (exact) mass is 445 g/mol. The Kier molecular flexibility index (Phi) is 5.15. The smallest absolute Gasteiger partial charge is 0.265 e. The van der Waals surface area contributed by atoms with Gasteiger partial charge in [-0.1, -0.05) is 34.1 Å². The Balaban J connectivity index is 1.73. The largest absolute Gasteiger partial charge is 0.486 e. The lowest BCUT2D eigenvalue weighted by atomic mass is 9.99. The molecule has 0 spiro atoms. The fourth-order valence-electron chi connectivity index (χ4n) is 2.86. The molecule has 5 nitrogen and oxygen atoms in total. The topological polar surface area (TPSA) is 67.8 Å². The maximum absolute atomic E-state index is 12.5. The Hall–Kier alpha value is -2.35. The first-order valence-corrected chi connectivity index (χ1v) is 10.0. The van der Waals surface area contributed by atoms with Gasteiger partial charge < -0.3 is 19.9 Å². The van der Waals surface area contributed by atoms with Crippen molar-refractivity contribution in [1.29, 1.82) is 0 Å². The second-order valence-corrected chi connectivity index (χ2v) is 7.83. The van der Waals surface area contributed by atoms with E-state index in [0.717, 1.165) is 4.47 Å². The third kappa shape index (κ3) is 3.85. The van der Waals surface area contributed by atoms with E-state index >= 15 is 0 Å². The van der Waals surface area contributed by atoms with E-state index in [-0.39, 0.29) is 5.91 Å². The molecule has 0 aliphatic carbocycles. The molecular weight excluding hydrogens is 430 g/mol. The van der Waals surface area contributed by atoms with Gasteiger partial charge >= 0.3 is 0 Å². The van der Waals surface area contributed by atoms with Crippen LogP contribution in [0.2, 0.25) is 0 Å². The Morgan fingerprint density at radius 1 is 1.11 bits per heavy atom. The minimum Gasteiger partial charge on any atom is -0.486 e. The molecule has 27 heavy (non-hydrogen) atoms. The molecule has 2 N–H and O–H groups in total. The molecule has 1 atom stereocenters. The van der Waals surface area contributed by atoms with E-state index in [1.807, 2.05) is 35.7 Å². The molecular formula is C20H16BrNO4S. The van der Waals surface area contributed by atoms with Crippen LogP contribution in [0.15, 0.2) is 58.4 Å². The van der Waals surface area contributed by atoms with Crippen LogP contribution in [0.4, 0.5) is 5.69 Å². The van der Waals surface area contributed by atoms with Crippen LogP contribution < -0.4 is 14.8 Å². The highest BCUT2D eigenvalue weighted by Gasteiger charge is 2.23. The van der Waals surface area contributed by atoms with Crippen LogP contribution in [0.1, 0.15) is 26.9 Å². The summed E-state index contributed by atoms with van der Waals surface area (Å²) in [6.07, 6.45) is -0.924. The van der Waals surface area contributed by atoms with Crippen LogP contribution in [0.3, 0.4) is 0 Å². The number of fused-ring (bicyclic) bond motifs is 1. The van der Waals surface area contributed by atoms with Crippen molar-refractivity contribution >= 4 is 38.9 Å². The highest BCUT2D eigenvalue weighted by Crippen LogP contribution is 2.40. The van der Waals surface area contributed by atoms with Crippen molar-refractivity contribution in [2.24, 2.45) is 0 Å². The molecule has 0 saturated heterocycles. The predicted octanol–water partition coefficient (Wildman–Crippen LogP) is 4.62. The van der Waals surface area contributed by atoms with Crippen molar-refractivity contribution in [3.8, 4) is 11.5 Å². The maximum atomic E-state index is 12.5. The standard InChI is InChI=1S/C20H16BrNO4S/c21-13-5-3-12(4-6-13)19(23)14-10-16-17(26-8-7-25-16)11-15(14)22-20(24)18-2-1-9-27-18/h1-6,9-11,19,23H,7-8H2,(H,22,24)/t19-/m1/s1. The number of aliphatic hydroxyl groups excluding tert-OH is 1. The molecule has 1 aliphatic heterocycles. The molecule has 1 aliphatic rings. The van der Waals surface area contributed by atoms with Gasteiger partial charge in [-0.3, -0.25) is 4.79 Å². The molecule has 0 unspecified atom stereocenters. The van der Waals surface area contributed by atoms with Gasteiger partial charge in [-0.2, -0.15) is 0 Å². The number of benzene rings is 2. The number of hydrogen-bond acceptors (Lipinski definition) is 5. The summed E-state index contributed by atoms with van der Waals surface area (Å²) >= 11 is 4.75. The fraction of sp³-hybridized carbons (Fsp3) is 0.150. The average Bonchev–Trinajstić information content (AvgIpc) is 3.22. The third-order valence-electron chi connectivity index (χ3n) is 4.19. The van der Waals surface area contributed by atoms with Gasteiger partial charge in [0.1, 0.15) is 19.3 Å². The molecule has 4 rings (SSSR count). The number of amides is 1. The second-order valence-electron chi connectivity index (χ2n) is 5.97. The lowest BCUT2D eigenvalue weighted by Gasteiger charge is -2.23. The van der Waals surface area contributed by atoms with Gasteiger partial charge in [0.2, 0.25) is 0 Å². The number of halogens is 1. The van der Waals surface area contributed by atoms with E-state index in [0.29, 0.717) is 46.4 Å². The van der Waals surface area contributed by atoms with E-state index in [1.165, 1.54) is 11.3 Å². The summed E-state index contributed by atoms with van der Waals surface area (Å²) in [5, 5.41) is 15.7. The van der Waals surface area contributed by atoms with Gasteiger partial charge in [-0.25, -0.2) is 0 Å². The summed E-state index contributed by atoms with van der Waals surface area (Å²) in [5.41, 5.74) is 1.75. The third-order valence-corrected chi connectivity index (χ3v) is 5.59. The number of hydrogen-bond donors (Lipinski definition) is 2. The average molecular weight is 446 g/mol. The summed E-state index contributed by atoms with van der Waals surface area (Å²) in [6.45, 7) is 0.891. The first kappa shape index (κ1) is 18.0. The van der Waals surface area contributed by atoms with Crippen LogP contribution in [0, 0.1) is 0 Å². The molecule has 0 bridgehead atoms. The lowest BCUT2D eigenvalue weighted by molar-refractivity contribution is 0.103. The zero-order valence-electron chi connectivity index (χ0n) is 14.1. The maximum Gasteiger partial charge on any atom is 0.265 e. The summed E-state index contributed by atoms with van der Waals surface area (Å²) in [7, 11) is 0. The van der Waals surface area contributed by atoms with Crippen molar-refractivity contribution in [1.82, 2.24) is 0 Å². The van der Waals surface area contributed by atoms with Gasteiger partial charge in [0.25, 0.3) is 5.91 Å². The van der Waals surface area contributed by atoms with Crippen LogP contribution >= 0.6 is 27.3 Å². The van der Waals surface area contributed by atoms with Crippen molar-refractivity contribution in [3.05, 3.63) is 74.4 Å². The lowest BCUT2D eigenvalue weighted by Crippen LogP contribution is -2.18. The number of thiophene rings is 1. The first-order valence-electron chi connectivity index (χ1n) is 8.34. The minimum absolute atomic E-state index is 0.231. The molecule has 1 amide bonds. The number of aliphatic hydroxyl groups is 1. The summed E-state index contributed by atoms with van der Waals surface area (Å²) in [5.74, 6) is 0.877. The number of carbonyl (C=O) groups is 1. The Bertz CT molecular complexity index is 957. The van der Waals surface area contributed by atoms with Crippen molar-refractivity contribution in [3.63, 3.8) is 0 Å². The Morgan fingerprint density at radius 2 is 1.81 bits per heavy atom. The highest BCUT2D eigenvalue weighted by molar-refractivity contribution is 9.10. The molecule has 7 heteroatoms. The fourth-order valence-corrected chi connectivity index (χ4v) is 3.74. The number of nitrogens with one attached hydrogen (secondary N) is 1. The SMILES string of the molecule is O=C(Nc1cc2c(cc1[C@H](O)c1ccc(Br)cc1)OCCO2)c1cccs1. The normalized spacial score (nSPS) is 13.9. The second kappa shape index (κ2) is 7.72. The van der Waals surface area contributed by atoms with Crippen LogP contribution in [0.5, 0.6) is 11.5 Å². The predicted molar refractivity (Wildman–Crippen MR) is 108 cm³/mol. The Morgan fingerprint density at radius 3 is 2.48 bits per heavy atom. The van der Waals surface area contributed by atoms with Gasteiger partial charge in [0, 0.05) is 16.1 Å². The van der Waals surface area contributed by atoms with E-state index in [9.17, 15) is 9.90 Å². The zero-order valence-corrected chi connectivity index (χ0v) is 16.5. The van der Waals surface area contributed by atoms with Crippen molar-refractivity contribution in [2.45, 2.75) is 6.10 Å². The highest BCUT2D eigenvalue weighted by atomic mass is 79.9. The van der Waals surface area contributed by atoms with Gasteiger partial charge in [-0.05, 0) is 35.2 Å². The Labute approximate surface area is 168 Å². The van der Waals surface area contributed by atoms with E-state index < -0.39 is 6.10 Å². The molecule has 1 aromatic heterocycles. The van der Waals surface area contributed by atoms with Crippen LogP contribution in [-0.4, -0.2) is 24.2 Å². The number of ether oxygens (including phenoxy) is 2. The zero-order chi connectivity index (χ0) is 18.8. The van der Waals surface area contributed by atoms with E-state index in [1.54, 1.807) is 18.2 Å². The molecule has 3 aromatic rings. The summed E-state index contributed by atoms with van der Waals surface area (Å²) in [4.78, 5) is 13.1. The molecule has 138 valence electrons. The van der Waals surface area contributed by atoms with Crippen molar-refractivity contribution < 1.29 is 19.4 Å². The van der Waals surface area contributed by atoms with Gasteiger partial charge in [-0.15, -0.1) is 11.3 Å². The van der Waals surface area contributed by atoms with Gasteiger partial charge in [0.05, 0.1) is 10.6 Å². The van der Waals surface area contributed by atoms with E-state index in [2.05, 4.69) is 21.2 Å². The van der Waals surface area contributed by atoms with Crippen molar-refractivity contribution in [2.75, 3.05) is 18.5 Å². The van der Waals surface area contributed by atoms with Crippen LogP contribution in [0.25, 0.3) is 0 Å². The number of rotatable bonds is 4. The summed E-state index contributed by atoms with van der Waals surface area (Å²) in [6, 6.07) is 14.4. The molecule has 0 radical (unpaired) electrons. The number of carbonyl (C=O) groups excluding carboxylic acids is 1. The first-order chi connectivity index (χ1) is 13.1. The molecule has 2 heterocycles. The number of anilines is 1. The quantitative estimate of drug-likeness (QED) is 0.614. The molecule has 0 fully saturated rings. The minimum atomic E-state index is -0.924. The van der Waals surface area contributed by atoms with Gasteiger partial charge in [0.15, 0.2) is 11.5 Å².